The predicted molar refractivity (Wildman–Crippen MR) is 42.5 cm³/mol. The van der Waals surface area contributed by atoms with Gasteiger partial charge in [-0.3, -0.25) is 0 Å². The maximum atomic E-state index is 11.0. The van der Waals surface area contributed by atoms with Crippen LogP contribution in [0.5, 0.6) is 0 Å². The molecule has 0 aliphatic carbocycles. The standard InChI is InChI=1S/C4H9.C3H6O2.O.Sn/c1-3-4-2;1-2-3(4)5;;/h1,3-4H2,2H3;2H2,1H3,(H,4,5);;/q;;;+1/p-1. The Morgan fingerprint density at radius 2 is 2.09 bits per heavy atom. The molecule has 0 rings (SSSR count). The summed E-state index contributed by atoms with van der Waals surface area (Å²) in [6.07, 6.45) is 2.25. The Hall–Kier alpha value is 0.0687. The van der Waals surface area contributed by atoms with E-state index in [2.05, 4.69) is 0 Å². The second-order valence-electron chi connectivity index (χ2n) is 2.30. The molecule has 4 heteroatoms. The molecule has 0 N–H and O–H groups in total. The number of hydrogen-bond acceptors (Lipinski definition) is 3. The van der Waals surface area contributed by atoms with Crippen LogP contribution in [-0.2, 0) is 10.9 Å². The van der Waals surface area contributed by atoms with Crippen molar-refractivity contribution in [3.8, 4) is 0 Å². The molecule has 0 saturated carbocycles. The van der Waals surface area contributed by atoms with Crippen molar-refractivity contribution in [1.82, 2.24) is 0 Å². The van der Waals surface area contributed by atoms with Crippen LogP contribution in [0.25, 0.3) is 0 Å². The fraction of sp³-hybridized carbons (Fsp3) is 0.857. The van der Waals surface area contributed by atoms with Crippen molar-refractivity contribution >= 4 is 26.1 Å². The van der Waals surface area contributed by atoms with Crippen LogP contribution in [0.4, 0.5) is 0 Å². The summed E-state index contributed by atoms with van der Waals surface area (Å²) in [7, 11) is 0. The van der Waals surface area contributed by atoms with Gasteiger partial charge in [-0.25, -0.2) is 0 Å². The van der Waals surface area contributed by atoms with Gasteiger partial charge in [-0.1, -0.05) is 0 Å². The quantitative estimate of drug-likeness (QED) is 0.710. The van der Waals surface area contributed by atoms with Crippen molar-refractivity contribution in [2.24, 2.45) is 0 Å². The molecule has 0 unspecified atom stereocenters. The molecule has 0 aliphatic heterocycles. The normalized spacial score (nSPS) is 9.27. The SMILES string of the molecule is CCC[CH2][Sn](=[O])[O]C(=O)CC. The van der Waals surface area contributed by atoms with Crippen LogP contribution in [0.15, 0.2) is 0 Å². The van der Waals surface area contributed by atoms with Crippen LogP contribution < -0.4 is 0 Å². The van der Waals surface area contributed by atoms with Crippen LogP contribution >= 0.6 is 0 Å². The zero-order valence-corrected chi connectivity index (χ0v) is 9.91. The molecule has 0 aliphatic rings. The van der Waals surface area contributed by atoms with E-state index in [9.17, 15) is 7.87 Å². The van der Waals surface area contributed by atoms with Crippen molar-refractivity contribution < 1.29 is 10.9 Å². The molecule has 64 valence electrons. The zero-order chi connectivity index (χ0) is 8.69. The van der Waals surface area contributed by atoms with Gasteiger partial charge < -0.3 is 0 Å². The third-order valence-electron chi connectivity index (χ3n) is 1.25. The summed E-state index contributed by atoms with van der Waals surface area (Å²) in [6.45, 7) is 3.73. The molecule has 3 nitrogen and oxygen atoms in total. The minimum absolute atomic E-state index is 0.314. The second kappa shape index (κ2) is 6.76. The Balaban J connectivity index is 3.44. The van der Waals surface area contributed by atoms with Gasteiger partial charge >= 0.3 is 74.6 Å². The molecule has 0 heterocycles. The van der Waals surface area contributed by atoms with Crippen molar-refractivity contribution in [2.45, 2.75) is 37.5 Å². The molecule has 0 bridgehead atoms. The van der Waals surface area contributed by atoms with Crippen LogP contribution in [-0.4, -0.2) is 26.1 Å². The van der Waals surface area contributed by atoms with E-state index in [0.29, 0.717) is 10.9 Å². The van der Waals surface area contributed by atoms with Gasteiger partial charge in [0.2, 0.25) is 0 Å². The van der Waals surface area contributed by atoms with Gasteiger partial charge in [0.25, 0.3) is 0 Å². The molecular formula is C7H14O3Sn. The molecule has 0 spiro atoms. The average Bonchev–Trinajstić information content (AvgIpc) is 2.00. The maximum absolute atomic E-state index is 11.0. The van der Waals surface area contributed by atoms with E-state index in [1.54, 1.807) is 6.92 Å². The number of rotatable bonds is 5. The number of unbranched alkanes of at least 4 members (excludes halogenated alkanes) is 1. The Labute approximate surface area is 74.8 Å². The summed E-state index contributed by atoms with van der Waals surface area (Å²) in [5, 5.41) is 0. The summed E-state index contributed by atoms with van der Waals surface area (Å²) in [5.41, 5.74) is 0. The van der Waals surface area contributed by atoms with Gasteiger partial charge in [0.15, 0.2) is 0 Å². The van der Waals surface area contributed by atoms with Crippen molar-refractivity contribution in [3.63, 3.8) is 0 Å². The third kappa shape index (κ3) is 6.47. The molecule has 0 amide bonds. The van der Waals surface area contributed by atoms with Gasteiger partial charge in [-0.05, 0) is 0 Å². The predicted octanol–water partition coefficient (Wildman–Crippen LogP) is 1.66. The first-order valence-electron chi connectivity index (χ1n) is 3.94. The van der Waals surface area contributed by atoms with E-state index in [0.717, 1.165) is 12.8 Å². The fourth-order valence-electron chi connectivity index (χ4n) is 0.571. The van der Waals surface area contributed by atoms with Gasteiger partial charge in [0.05, 0.1) is 0 Å². The summed E-state index contributed by atoms with van der Waals surface area (Å²) in [4.78, 5) is 10.6. The van der Waals surface area contributed by atoms with E-state index in [1.807, 2.05) is 6.92 Å². The van der Waals surface area contributed by atoms with Crippen LogP contribution in [0.1, 0.15) is 33.1 Å². The van der Waals surface area contributed by atoms with Gasteiger partial charge in [0, 0.05) is 0 Å². The number of carbonyl (C=O) groups is 1. The van der Waals surface area contributed by atoms with Crippen LogP contribution in [0, 0.1) is 0 Å². The summed E-state index contributed by atoms with van der Waals surface area (Å²) >= 11 is -2.91. The topological polar surface area (TPSA) is 43.4 Å². The van der Waals surface area contributed by atoms with Gasteiger partial charge in [-0.2, -0.15) is 0 Å². The monoisotopic (exact) mass is 266 g/mol. The van der Waals surface area contributed by atoms with Crippen molar-refractivity contribution in [3.05, 3.63) is 0 Å². The van der Waals surface area contributed by atoms with Crippen molar-refractivity contribution in [1.29, 1.82) is 0 Å². The Morgan fingerprint density at radius 3 is 2.55 bits per heavy atom. The first-order valence-corrected chi connectivity index (χ1v) is 8.29. The van der Waals surface area contributed by atoms with E-state index in [4.69, 9.17) is 3.07 Å². The first kappa shape index (κ1) is 11.1. The van der Waals surface area contributed by atoms with Crippen molar-refractivity contribution in [2.75, 3.05) is 0 Å². The van der Waals surface area contributed by atoms with Crippen LogP contribution in [0.2, 0.25) is 4.44 Å². The van der Waals surface area contributed by atoms with E-state index < -0.39 is 20.2 Å². The van der Waals surface area contributed by atoms with Gasteiger partial charge in [-0.15, -0.1) is 0 Å². The number of carbonyl (C=O) groups excluding carboxylic acids is 1. The molecule has 0 aromatic carbocycles. The van der Waals surface area contributed by atoms with E-state index in [-0.39, 0.29) is 5.97 Å². The molecule has 0 radical (unpaired) electrons. The summed E-state index contributed by atoms with van der Waals surface area (Å²) in [6, 6.07) is 0. The molecular weight excluding hydrogens is 251 g/mol. The average molecular weight is 265 g/mol. The van der Waals surface area contributed by atoms with E-state index >= 15 is 0 Å². The minimum atomic E-state index is -2.91. The second-order valence-corrected chi connectivity index (χ2v) is 6.44. The molecule has 0 aromatic rings. The fourth-order valence-corrected chi connectivity index (χ4v) is 3.83. The molecule has 11 heavy (non-hydrogen) atoms. The third-order valence-corrected chi connectivity index (χ3v) is 4.72. The van der Waals surface area contributed by atoms with E-state index in [1.165, 1.54) is 0 Å². The Morgan fingerprint density at radius 1 is 1.45 bits per heavy atom. The molecule has 0 fully saturated rings. The van der Waals surface area contributed by atoms with Crippen LogP contribution in [0.3, 0.4) is 0 Å². The number of hydrogen-bond donors (Lipinski definition) is 0. The molecule has 0 saturated heterocycles. The summed E-state index contributed by atoms with van der Waals surface area (Å²) < 4.78 is 16.3. The molecule has 0 atom stereocenters. The summed E-state index contributed by atoms with van der Waals surface area (Å²) in [5.74, 6) is -0.314. The first-order chi connectivity index (χ1) is 5.20. The Bertz CT molecular complexity index is 145. The Kier molecular flexibility index (Phi) is 6.80. The zero-order valence-electron chi connectivity index (χ0n) is 7.05. The molecule has 0 aromatic heterocycles. The van der Waals surface area contributed by atoms with Gasteiger partial charge in [0.1, 0.15) is 0 Å².